The van der Waals surface area contributed by atoms with E-state index in [1.54, 1.807) is 28.4 Å². The highest BCUT2D eigenvalue weighted by atomic mass is 16.7. The first-order valence-corrected chi connectivity index (χ1v) is 13.9. The molecular weight excluding hydrogens is 536 g/mol. The number of methoxy groups -OCH3 is 4. The van der Waals surface area contributed by atoms with Crippen molar-refractivity contribution in [3.63, 3.8) is 0 Å². The second kappa shape index (κ2) is 12.0. The van der Waals surface area contributed by atoms with Gasteiger partial charge in [-0.25, -0.2) is 0 Å². The van der Waals surface area contributed by atoms with E-state index in [-0.39, 0.29) is 13.6 Å². The van der Waals surface area contributed by atoms with Gasteiger partial charge in [0.2, 0.25) is 25.1 Å². The molecular formula is C34H34O8. The molecule has 0 bridgehead atoms. The first-order valence-electron chi connectivity index (χ1n) is 13.9. The third-order valence-electron chi connectivity index (χ3n) is 7.66. The van der Waals surface area contributed by atoms with Crippen LogP contribution in [0.5, 0.6) is 46.0 Å². The molecule has 0 spiro atoms. The Balaban J connectivity index is 1.24. The fraction of sp³-hybridized carbons (Fsp3) is 0.294. The van der Waals surface area contributed by atoms with E-state index in [1.165, 1.54) is 11.1 Å². The summed E-state index contributed by atoms with van der Waals surface area (Å²) in [6, 6.07) is 20.7. The molecule has 218 valence electrons. The Morgan fingerprint density at radius 1 is 0.452 bits per heavy atom. The van der Waals surface area contributed by atoms with Crippen LogP contribution in [0.3, 0.4) is 0 Å². The van der Waals surface area contributed by atoms with Gasteiger partial charge in [0.05, 0.1) is 28.4 Å². The SMILES string of the molecule is COc1ccc(CCc2cc(OC)c3c(c2)OCO3)cc1-c1cc(CCc2cc(OC)c3c(c2)OCO3)ccc1OC. The molecule has 0 saturated carbocycles. The summed E-state index contributed by atoms with van der Waals surface area (Å²) in [5.41, 5.74) is 6.58. The Morgan fingerprint density at radius 2 is 0.857 bits per heavy atom. The van der Waals surface area contributed by atoms with Gasteiger partial charge < -0.3 is 37.9 Å². The topological polar surface area (TPSA) is 73.8 Å². The summed E-state index contributed by atoms with van der Waals surface area (Å²) in [6.45, 7) is 0.422. The lowest BCUT2D eigenvalue weighted by atomic mass is 9.95. The highest BCUT2D eigenvalue weighted by Gasteiger charge is 2.22. The van der Waals surface area contributed by atoms with Gasteiger partial charge in [0.15, 0.2) is 23.0 Å². The molecule has 0 atom stereocenters. The van der Waals surface area contributed by atoms with E-state index in [9.17, 15) is 0 Å². The smallest absolute Gasteiger partial charge is 0.231 e. The van der Waals surface area contributed by atoms with Gasteiger partial charge in [-0.15, -0.1) is 0 Å². The number of rotatable bonds is 11. The van der Waals surface area contributed by atoms with Crippen LogP contribution in [0.1, 0.15) is 22.3 Å². The first-order chi connectivity index (χ1) is 20.6. The van der Waals surface area contributed by atoms with Crippen molar-refractivity contribution in [1.82, 2.24) is 0 Å². The summed E-state index contributed by atoms with van der Waals surface area (Å²) >= 11 is 0. The quantitative estimate of drug-likeness (QED) is 0.205. The van der Waals surface area contributed by atoms with Crippen LogP contribution in [-0.4, -0.2) is 42.0 Å². The van der Waals surface area contributed by atoms with Crippen LogP contribution in [0.2, 0.25) is 0 Å². The summed E-state index contributed by atoms with van der Waals surface area (Å²) in [7, 11) is 6.68. The maximum absolute atomic E-state index is 5.79. The van der Waals surface area contributed by atoms with Crippen molar-refractivity contribution in [2.75, 3.05) is 42.0 Å². The molecule has 2 aliphatic rings. The zero-order chi connectivity index (χ0) is 29.1. The predicted octanol–water partition coefficient (Wildman–Crippen LogP) is 6.42. The zero-order valence-electron chi connectivity index (χ0n) is 24.3. The molecule has 0 N–H and O–H groups in total. The van der Waals surface area contributed by atoms with E-state index in [0.29, 0.717) is 23.0 Å². The average molecular weight is 571 g/mol. The molecule has 0 fully saturated rings. The van der Waals surface area contributed by atoms with Crippen molar-refractivity contribution in [2.24, 2.45) is 0 Å². The van der Waals surface area contributed by atoms with Gasteiger partial charge in [-0.05, 0) is 96.5 Å². The highest BCUT2D eigenvalue weighted by molar-refractivity contribution is 5.77. The van der Waals surface area contributed by atoms with Gasteiger partial charge in [0.1, 0.15) is 11.5 Å². The minimum atomic E-state index is 0.211. The second-order valence-corrected chi connectivity index (χ2v) is 10.1. The summed E-state index contributed by atoms with van der Waals surface area (Å²) < 4.78 is 44.9. The average Bonchev–Trinajstić information content (AvgIpc) is 3.71. The van der Waals surface area contributed by atoms with E-state index in [2.05, 4.69) is 24.3 Å². The van der Waals surface area contributed by atoms with Crippen LogP contribution in [0.4, 0.5) is 0 Å². The Bertz CT molecular complexity index is 1480. The van der Waals surface area contributed by atoms with Gasteiger partial charge in [0, 0.05) is 11.1 Å². The summed E-state index contributed by atoms with van der Waals surface area (Å²) in [5, 5.41) is 0. The van der Waals surface area contributed by atoms with Gasteiger partial charge in [-0.1, -0.05) is 12.1 Å². The molecule has 2 heterocycles. The third kappa shape index (κ3) is 5.44. The number of ether oxygens (including phenoxy) is 8. The Kier molecular flexibility index (Phi) is 7.86. The largest absolute Gasteiger partial charge is 0.496 e. The van der Waals surface area contributed by atoms with Crippen molar-refractivity contribution in [1.29, 1.82) is 0 Å². The molecule has 0 aromatic heterocycles. The predicted molar refractivity (Wildman–Crippen MR) is 158 cm³/mol. The molecule has 0 aliphatic carbocycles. The molecule has 0 unspecified atom stereocenters. The van der Waals surface area contributed by atoms with E-state index >= 15 is 0 Å². The van der Waals surface area contributed by atoms with Crippen LogP contribution in [0.25, 0.3) is 11.1 Å². The molecule has 4 aromatic carbocycles. The number of benzene rings is 4. The molecule has 8 nitrogen and oxygen atoms in total. The monoisotopic (exact) mass is 570 g/mol. The van der Waals surface area contributed by atoms with Gasteiger partial charge in [-0.3, -0.25) is 0 Å². The summed E-state index contributed by atoms with van der Waals surface area (Å²) in [5.74, 6) is 5.74. The Morgan fingerprint density at radius 3 is 1.26 bits per heavy atom. The zero-order valence-corrected chi connectivity index (χ0v) is 24.3. The van der Waals surface area contributed by atoms with Crippen LogP contribution in [0.15, 0.2) is 60.7 Å². The van der Waals surface area contributed by atoms with E-state index in [4.69, 9.17) is 37.9 Å². The number of fused-ring (bicyclic) bond motifs is 2. The lowest BCUT2D eigenvalue weighted by Gasteiger charge is -2.16. The van der Waals surface area contributed by atoms with Crippen molar-refractivity contribution in [3.05, 3.63) is 82.9 Å². The van der Waals surface area contributed by atoms with Gasteiger partial charge in [-0.2, -0.15) is 0 Å². The van der Waals surface area contributed by atoms with E-state index < -0.39 is 0 Å². The van der Waals surface area contributed by atoms with E-state index in [1.807, 2.05) is 36.4 Å². The molecule has 8 heteroatoms. The maximum Gasteiger partial charge on any atom is 0.231 e. The Hall–Kier alpha value is -4.72. The van der Waals surface area contributed by atoms with Crippen LogP contribution >= 0.6 is 0 Å². The highest BCUT2D eigenvalue weighted by Crippen LogP contribution is 2.44. The lowest BCUT2D eigenvalue weighted by molar-refractivity contribution is 0.171. The number of hydrogen-bond acceptors (Lipinski definition) is 8. The van der Waals surface area contributed by atoms with Crippen molar-refractivity contribution >= 4 is 0 Å². The number of hydrogen-bond donors (Lipinski definition) is 0. The van der Waals surface area contributed by atoms with Crippen molar-refractivity contribution in [2.45, 2.75) is 25.7 Å². The fourth-order valence-electron chi connectivity index (χ4n) is 5.48. The molecule has 0 saturated heterocycles. The van der Waals surface area contributed by atoms with Crippen molar-refractivity contribution in [3.8, 4) is 57.1 Å². The number of aryl methyl sites for hydroxylation is 4. The minimum Gasteiger partial charge on any atom is -0.496 e. The molecule has 0 amide bonds. The fourth-order valence-corrected chi connectivity index (χ4v) is 5.48. The third-order valence-corrected chi connectivity index (χ3v) is 7.66. The standard InChI is InChI=1S/C34H34O8/c1-35-27-11-9-21(5-7-23-15-29(37-3)33-31(17-23)39-19-41-33)13-25(27)26-14-22(10-12-28(26)36-2)6-8-24-16-30(38-4)34-32(18-24)40-20-42-34/h9-18H,5-8,19-20H2,1-4H3. The normalized spacial score (nSPS) is 12.8. The second-order valence-electron chi connectivity index (χ2n) is 10.1. The van der Waals surface area contributed by atoms with Crippen molar-refractivity contribution < 1.29 is 37.9 Å². The molecule has 4 aromatic rings. The molecule has 6 rings (SSSR count). The summed E-state index contributed by atoms with van der Waals surface area (Å²) in [4.78, 5) is 0. The molecule has 0 radical (unpaired) electrons. The molecule has 2 aliphatic heterocycles. The van der Waals surface area contributed by atoms with Gasteiger partial charge >= 0.3 is 0 Å². The van der Waals surface area contributed by atoms with Gasteiger partial charge in [0.25, 0.3) is 0 Å². The van der Waals surface area contributed by atoms with E-state index in [0.717, 1.165) is 70.9 Å². The van der Waals surface area contributed by atoms with Crippen LogP contribution in [-0.2, 0) is 25.7 Å². The summed E-state index contributed by atoms with van der Waals surface area (Å²) in [6.07, 6.45) is 3.28. The van der Waals surface area contributed by atoms with Crippen LogP contribution < -0.4 is 37.9 Å². The Labute approximate surface area is 245 Å². The first kappa shape index (κ1) is 27.4. The molecule has 42 heavy (non-hydrogen) atoms. The lowest BCUT2D eigenvalue weighted by Crippen LogP contribution is -1.98. The van der Waals surface area contributed by atoms with Crippen LogP contribution in [0, 0.1) is 0 Å². The maximum atomic E-state index is 5.79. The minimum absolute atomic E-state index is 0.211.